The number of hydrogen-bond acceptors (Lipinski definition) is 4. The molecule has 0 unspecified atom stereocenters. The number of aromatic nitrogens is 2. The minimum absolute atomic E-state index is 0.394. The molecule has 0 aliphatic carbocycles. The zero-order chi connectivity index (χ0) is 12.4. The Labute approximate surface area is 117 Å². The summed E-state index contributed by atoms with van der Waals surface area (Å²) in [5.74, 6) is 0.828. The third kappa shape index (κ3) is 3.18. The third-order valence-electron chi connectivity index (χ3n) is 2.21. The van der Waals surface area contributed by atoms with Crippen LogP contribution < -0.4 is 4.74 Å². The van der Waals surface area contributed by atoms with E-state index in [0.29, 0.717) is 11.1 Å². The van der Waals surface area contributed by atoms with Crippen molar-refractivity contribution in [3.8, 4) is 5.75 Å². The van der Waals surface area contributed by atoms with E-state index < -0.39 is 0 Å². The summed E-state index contributed by atoms with van der Waals surface area (Å²) in [7, 11) is 0. The molecule has 0 N–H and O–H groups in total. The zero-order valence-electron chi connectivity index (χ0n) is 9.33. The average molecular weight is 334 g/mol. The Kier molecular flexibility index (Phi) is 4.01. The van der Waals surface area contributed by atoms with Gasteiger partial charge >= 0.3 is 0 Å². The molecule has 3 nitrogen and oxygen atoms in total. The highest BCUT2D eigenvalue weighted by Crippen LogP contribution is 2.27. The van der Waals surface area contributed by atoms with Gasteiger partial charge in [-0.2, -0.15) is 0 Å². The number of hydrogen-bond donors (Lipinski definition) is 0. The third-order valence-corrected chi connectivity index (χ3v) is 4.46. The Morgan fingerprint density at radius 3 is 2.47 bits per heavy atom. The number of halogens is 2. The first-order valence-electron chi connectivity index (χ1n) is 4.93. The van der Waals surface area contributed by atoms with E-state index in [0.717, 1.165) is 26.4 Å². The molecule has 90 valence electrons. The monoisotopic (exact) mass is 332 g/mol. The molecule has 1 aromatic heterocycles. The minimum Gasteiger partial charge on any atom is -0.486 e. The van der Waals surface area contributed by atoms with Crippen LogP contribution in [0, 0.1) is 13.8 Å². The fourth-order valence-electron chi connectivity index (χ4n) is 1.43. The summed E-state index contributed by atoms with van der Waals surface area (Å²) in [5.41, 5.74) is 2.30. The van der Waals surface area contributed by atoms with Crippen molar-refractivity contribution in [2.45, 2.75) is 20.5 Å². The zero-order valence-corrected chi connectivity index (χ0v) is 12.5. The smallest absolute Gasteiger partial charge is 0.207 e. The standard InChI is InChI=1S/C11H10BrClN2OS/c1-6-3-8(4-7(2)10(6)12)16-5-9-14-15-11(13)17-9/h3-4H,5H2,1-2H3. The maximum absolute atomic E-state index is 5.70. The predicted molar refractivity (Wildman–Crippen MR) is 72.9 cm³/mol. The van der Waals surface area contributed by atoms with E-state index in [4.69, 9.17) is 16.3 Å². The van der Waals surface area contributed by atoms with Crippen LogP contribution in [0.25, 0.3) is 0 Å². The minimum atomic E-state index is 0.394. The molecule has 0 radical (unpaired) electrons. The van der Waals surface area contributed by atoms with Crippen molar-refractivity contribution in [1.29, 1.82) is 0 Å². The van der Waals surface area contributed by atoms with Crippen molar-refractivity contribution in [3.05, 3.63) is 37.2 Å². The molecule has 0 amide bonds. The second-order valence-corrected chi connectivity index (χ2v) is 6.05. The number of nitrogens with zero attached hydrogens (tertiary/aromatic N) is 2. The molecular weight excluding hydrogens is 324 g/mol. The topological polar surface area (TPSA) is 35.0 Å². The molecule has 0 spiro atoms. The molecule has 1 aromatic carbocycles. The Hall–Kier alpha value is -0.650. The van der Waals surface area contributed by atoms with Gasteiger partial charge in [0.1, 0.15) is 12.4 Å². The molecule has 17 heavy (non-hydrogen) atoms. The molecule has 0 saturated heterocycles. The molecule has 2 rings (SSSR count). The lowest BCUT2D eigenvalue weighted by Gasteiger charge is -2.08. The number of aryl methyl sites for hydroxylation is 2. The molecular formula is C11H10BrClN2OS. The maximum Gasteiger partial charge on any atom is 0.207 e. The summed E-state index contributed by atoms with van der Waals surface area (Å²) in [6.45, 7) is 4.46. The van der Waals surface area contributed by atoms with Gasteiger partial charge in [-0.1, -0.05) is 27.3 Å². The second kappa shape index (κ2) is 5.33. The maximum atomic E-state index is 5.70. The molecule has 0 bridgehead atoms. The van der Waals surface area contributed by atoms with Crippen molar-refractivity contribution < 1.29 is 4.74 Å². The van der Waals surface area contributed by atoms with Gasteiger partial charge < -0.3 is 4.74 Å². The summed E-state index contributed by atoms with van der Waals surface area (Å²) in [6.07, 6.45) is 0. The quantitative estimate of drug-likeness (QED) is 0.846. The molecule has 6 heteroatoms. The van der Waals surface area contributed by atoms with Gasteiger partial charge in [0, 0.05) is 4.47 Å². The van der Waals surface area contributed by atoms with Gasteiger partial charge in [0.2, 0.25) is 4.47 Å². The Bertz CT molecular complexity index is 521. The van der Waals surface area contributed by atoms with Crippen LogP contribution in [0.1, 0.15) is 16.1 Å². The van der Waals surface area contributed by atoms with Gasteiger partial charge in [0.25, 0.3) is 0 Å². The van der Waals surface area contributed by atoms with Crippen LogP contribution in [-0.2, 0) is 6.61 Å². The van der Waals surface area contributed by atoms with Gasteiger partial charge in [-0.15, -0.1) is 10.2 Å². The lowest BCUT2D eigenvalue weighted by atomic mass is 10.1. The van der Waals surface area contributed by atoms with Gasteiger partial charge in [-0.25, -0.2) is 0 Å². The van der Waals surface area contributed by atoms with E-state index in [2.05, 4.69) is 26.1 Å². The highest BCUT2D eigenvalue weighted by atomic mass is 79.9. The summed E-state index contributed by atoms with van der Waals surface area (Å²) in [5, 5.41) is 8.39. The summed E-state index contributed by atoms with van der Waals surface area (Å²) < 4.78 is 7.20. The Morgan fingerprint density at radius 1 is 1.29 bits per heavy atom. The van der Waals surface area contributed by atoms with Crippen LogP contribution in [0.4, 0.5) is 0 Å². The number of rotatable bonds is 3. The van der Waals surface area contributed by atoms with Gasteiger partial charge in [0.05, 0.1) is 0 Å². The number of benzene rings is 1. The molecule has 2 aromatic rings. The fraction of sp³-hybridized carbons (Fsp3) is 0.273. The van der Waals surface area contributed by atoms with Crippen molar-refractivity contribution in [3.63, 3.8) is 0 Å². The van der Waals surface area contributed by atoms with Crippen LogP contribution >= 0.6 is 38.9 Å². The van der Waals surface area contributed by atoms with E-state index in [1.165, 1.54) is 11.3 Å². The van der Waals surface area contributed by atoms with Crippen LogP contribution in [0.3, 0.4) is 0 Å². The molecule has 1 heterocycles. The van der Waals surface area contributed by atoms with Gasteiger partial charge in [-0.3, -0.25) is 0 Å². The van der Waals surface area contributed by atoms with Crippen molar-refractivity contribution >= 4 is 38.9 Å². The molecule has 0 aliphatic rings. The van der Waals surface area contributed by atoms with Crippen LogP contribution in [0.15, 0.2) is 16.6 Å². The first kappa shape index (κ1) is 12.8. The van der Waals surface area contributed by atoms with E-state index in [9.17, 15) is 0 Å². The molecule has 0 fully saturated rings. The summed E-state index contributed by atoms with van der Waals surface area (Å²) in [6, 6.07) is 3.97. The van der Waals surface area contributed by atoms with E-state index in [1.54, 1.807) is 0 Å². The van der Waals surface area contributed by atoms with E-state index in [-0.39, 0.29) is 0 Å². The lowest BCUT2D eigenvalue weighted by Crippen LogP contribution is -1.96. The highest BCUT2D eigenvalue weighted by Gasteiger charge is 2.06. The first-order chi connectivity index (χ1) is 8.06. The number of ether oxygens (including phenoxy) is 1. The van der Waals surface area contributed by atoms with E-state index in [1.807, 2.05) is 26.0 Å². The van der Waals surface area contributed by atoms with Gasteiger partial charge in [0.15, 0.2) is 5.01 Å². The molecule has 0 saturated carbocycles. The van der Waals surface area contributed by atoms with Crippen LogP contribution in [0.5, 0.6) is 5.75 Å². The molecule has 0 atom stereocenters. The summed E-state index contributed by atoms with van der Waals surface area (Å²) >= 11 is 10.5. The van der Waals surface area contributed by atoms with E-state index >= 15 is 0 Å². The lowest BCUT2D eigenvalue weighted by molar-refractivity contribution is 0.304. The van der Waals surface area contributed by atoms with Crippen molar-refractivity contribution in [2.24, 2.45) is 0 Å². The normalized spacial score (nSPS) is 10.6. The van der Waals surface area contributed by atoms with Crippen molar-refractivity contribution in [2.75, 3.05) is 0 Å². The SMILES string of the molecule is Cc1cc(OCc2nnc(Cl)s2)cc(C)c1Br. The van der Waals surface area contributed by atoms with Gasteiger partial charge in [-0.05, 0) is 48.7 Å². The van der Waals surface area contributed by atoms with Crippen LogP contribution in [0.2, 0.25) is 4.47 Å². The van der Waals surface area contributed by atoms with Crippen molar-refractivity contribution in [1.82, 2.24) is 10.2 Å². The highest BCUT2D eigenvalue weighted by molar-refractivity contribution is 9.10. The second-order valence-electron chi connectivity index (χ2n) is 3.61. The Morgan fingerprint density at radius 2 is 1.94 bits per heavy atom. The molecule has 0 aliphatic heterocycles. The average Bonchev–Trinajstić information content (AvgIpc) is 2.69. The largest absolute Gasteiger partial charge is 0.486 e. The first-order valence-corrected chi connectivity index (χ1v) is 6.92. The van der Waals surface area contributed by atoms with Crippen LogP contribution in [-0.4, -0.2) is 10.2 Å². The Balaban J connectivity index is 2.09. The fourth-order valence-corrected chi connectivity index (χ4v) is 2.44. The predicted octanol–water partition coefficient (Wildman–Crippen LogP) is 4.15. The summed E-state index contributed by atoms with van der Waals surface area (Å²) in [4.78, 5) is 0.